The van der Waals surface area contributed by atoms with Gasteiger partial charge in [0.2, 0.25) is 0 Å². The van der Waals surface area contributed by atoms with Crippen molar-refractivity contribution in [1.29, 1.82) is 5.26 Å². The Morgan fingerprint density at radius 3 is 2.35 bits per heavy atom. The van der Waals surface area contributed by atoms with Crippen molar-refractivity contribution in [2.45, 2.75) is 77.0 Å². The molecule has 2 rings (SSSR count). The highest BCUT2D eigenvalue weighted by Gasteiger charge is 2.36. The predicted molar refractivity (Wildman–Crippen MR) is 95.6 cm³/mol. The first kappa shape index (κ1) is 17.9. The van der Waals surface area contributed by atoms with Crippen LogP contribution in [0.25, 0.3) is 0 Å². The Kier molecular flexibility index (Phi) is 6.96. The number of hydrogen-bond donors (Lipinski definition) is 0. The Morgan fingerprint density at radius 1 is 1.09 bits per heavy atom. The zero-order chi connectivity index (χ0) is 16.5. The van der Waals surface area contributed by atoms with Gasteiger partial charge in [-0.05, 0) is 56.2 Å². The molecule has 1 saturated carbocycles. The van der Waals surface area contributed by atoms with Crippen LogP contribution in [0.5, 0.6) is 5.75 Å². The minimum atomic E-state index is -0.273. The lowest BCUT2D eigenvalue weighted by Crippen LogP contribution is -2.30. The van der Waals surface area contributed by atoms with Gasteiger partial charge in [-0.15, -0.1) is 0 Å². The Labute approximate surface area is 141 Å². The number of unbranched alkanes of at least 4 members (excludes halogenated alkanes) is 3. The van der Waals surface area contributed by atoms with Gasteiger partial charge in [0.25, 0.3) is 0 Å². The van der Waals surface area contributed by atoms with Crippen molar-refractivity contribution >= 4 is 0 Å². The van der Waals surface area contributed by atoms with Crippen molar-refractivity contribution in [3.63, 3.8) is 0 Å². The Bertz CT molecular complexity index is 492. The number of ether oxygens (including phenoxy) is 1. The second-order valence-corrected chi connectivity index (χ2v) is 6.94. The minimum absolute atomic E-state index is 0.273. The molecule has 0 saturated heterocycles. The summed E-state index contributed by atoms with van der Waals surface area (Å²) in [6, 6.07) is 10.8. The normalized spacial score (nSPS) is 24.1. The molecule has 0 aromatic heterocycles. The first-order valence-corrected chi connectivity index (χ1v) is 9.38. The summed E-state index contributed by atoms with van der Waals surface area (Å²) in [5.74, 6) is 1.73. The van der Waals surface area contributed by atoms with Gasteiger partial charge in [0.05, 0.1) is 18.1 Å². The SMILES string of the molecule is CCCCCCC1CCC(C#N)(c2ccc(OCC)cc2)CC1. The molecule has 126 valence electrons. The summed E-state index contributed by atoms with van der Waals surface area (Å²) in [5, 5.41) is 9.82. The molecule has 0 spiro atoms. The van der Waals surface area contributed by atoms with E-state index in [-0.39, 0.29) is 5.41 Å². The van der Waals surface area contributed by atoms with Crippen molar-refractivity contribution in [3.8, 4) is 11.8 Å². The summed E-state index contributed by atoms with van der Waals surface area (Å²) >= 11 is 0. The Hall–Kier alpha value is -1.49. The van der Waals surface area contributed by atoms with Crippen LogP contribution in [0.3, 0.4) is 0 Å². The van der Waals surface area contributed by atoms with Gasteiger partial charge in [0, 0.05) is 0 Å². The van der Waals surface area contributed by atoms with Crippen molar-refractivity contribution < 1.29 is 4.74 Å². The van der Waals surface area contributed by atoms with E-state index in [4.69, 9.17) is 4.74 Å². The van der Waals surface area contributed by atoms with E-state index in [1.54, 1.807) is 0 Å². The zero-order valence-electron chi connectivity index (χ0n) is 14.8. The van der Waals surface area contributed by atoms with E-state index in [1.807, 2.05) is 19.1 Å². The second-order valence-electron chi connectivity index (χ2n) is 6.94. The lowest BCUT2D eigenvalue weighted by Gasteiger charge is -2.35. The van der Waals surface area contributed by atoms with Gasteiger partial charge in [0.1, 0.15) is 5.75 Å². The number of nitriles is 1. The lowest BCUT2D eigenvalue weighted by molar-refractivity contribution is 0.261. The van der Waals surface area contributed by atoms with Crippen LogP contribution in [-0.2, 0) is 5.41 Å². The third kappa shape index (κ3) is 4.74. The molecule has 0 radical (unpaired) electrons. The fraction of sp³-hybridized carbons (Fsp3) is 0.667. The maximum absolute atomic E-state index is 9.82. The summed E-state index contributed by atoms with van der Waals surface area (Å²) in [6.45, 7) is 4.94. The van der Waals surface area contributed by atoms with Gasteiger partial charge in [-0.1, -0.05) is 51.2 Å². The van der Waals surface area contributed by atoms with Crippen molar-refractivity contribution in [1.82, 2.24) is 0 Å². The second kappa shape index (κ2) is 8.96. The molecule has 0 N–H and O–H groups in total. The molecular weight excluding hydrogens is 282 g/mol. The Morgan fingerprint density at radius 2 is 1.78 bits per heavy atom. The first-order chi connectivity index (χ1) is 11.2. The molecule has 1 aromatic carbocycles. The van der Waals surface area contributed by atoms with Gasteiger partial charge in [-0.25, -0.2) is 0 Å². The van der Waals surface area contributed by atoms with E-state index in [0.717, 1.165) is 24.5 Å². The third-order valence-electron chi connectivity index (χ3n) is 5.36. The van der Waals surface area contributed by atoms with E-state index in [1.165, 1.54) is 50.5 Å². The van der Waals surface area contributed by atoms with Gasteiger partial charge in [-0.3, -0.25) is 0 Å². The van der Waals surface area contributed by atoms with Gasteiger partial charge in [0.15, 0.2) is 0 Å². The van der Waals surface area contributed by atoms with Crippen LogP contribution in [0.4, 0.5) is 0 Å². The molecule has 0 bridgehead atoms. The van der Waals surface area contributed by atoms with E-state index in [0.29, 0.717) is 6.61 Å². The standard InChI is InChI=1S/C21H31NO/c1-3-5-6-7-8-18-13-15-21(17-22,16-14-18)19-9-11-20(12-10-19)23-4-2/h9-12,18H,3-8,13-16H2,1-2H3. The fourth-order valence-electron chi connectivity index (χ4n) is 3.82. The Balaban J connectivity index is 1.92. The number of rotatable bonds is 8. The van der Waals surface area contributed by atoms with E-state index in [2.05, 4.69) is 25.1 Å². The quantitative estimate of drug-likeness (QED) is 0.551. The number of benzene rings is 1. The fourth-order valence-corrected chi connectivity index (χ4v) is 3.82. The van der Waals surface area contributed by atoms with Gasteiger partial charge in [-0.2, -0.15) is 5.26 Å². The van der Waals surface area contributed by atoms with Crippen LogP contribution in [-0.4, -0.2) is 6.61 Å². The average Bonchev–Trinajstić information content (AvgIpc) is 2.60. The third-order valence-corrected chi connectivity index (χ3v) is 5.36. The molecule has 2 nitrogen and oxygen atoms in total. The average molecular weight is 313 g/mol. The molecular formula is C21H31NO. The first-order valence-electron chi connectivity index (χ1n) is 9.38. The van der Waals surface area contributed by atoms with Crippen molar-refractivity contribution in [3.05, 3.63) is 29.8 Å². The molecule has 0 amide bonds. The van der Waals surface area contributed by atoms with Crippen LogP contribution in [0.1, 0.15) is 77.2 Å². The molecule has 1 aliphatic rings. The number of nitrogens with zero attached hydrogens (tertiary/aromatic N) is 1. The van der Waals surface area contributed by atoms with Crippen LogP contribution in [0.2, 0.25) is 0 Å². The van der Waals surface area contributed by atoms with Crippen molar-refractivity contribution in [2.24, 2.45) is 5.92 Å². The summed E-state index contributed by atoms with van der Waals surface area (Å²) in [6.07, 6.45) is 11.2. The summed E-state index contributed by atoms with van der Waals surface area (Å²) in [7, 11) is 0. The predicted octanol–water partition coefficient (Wildman–Crippen LogP) is 6.01. The molecule has 23 heavy (non-hydrogen) atoms. The largest absolute Gasteiger partial charge is 0.494 e. The summed E-state index contributed by atoms with van der Waals surface area (Å²) < 4.78 is 5.51. The highest BCUT2D eigenvalue weighted by Crippen LogP contribution is 2.42. The highest BCUT2D eigenvalue weighted by atomic mass is 16.5. The van der Waals surface area contributed by atoms with Crippen molar-refractivity contribution in [2.75, 3.05) is 6.61 Å². The molecule has 1 aliphatic carbocycles. The van der Waals surface area contributed by atoms with E-state index >= 15 is 0 Å². The maximum atomic E-state index is 9.82. The molecule has 2 heteroatoms. The molecule has 0 atom stereocenters. The number of hydrogen-bond acceptors (Lipinski definition) is 2. The maximum Gasteiger partial charge on any atom is 0.119 e. The summed E-state index contributed by atoms with van der Waals surface area (Å²) in [5.41, 5.74) is 0.901. The molecule has 0 heterocycles. The monoisotopic (exact) mass is 313 g/mol. The van der Waals surface area contributed by atoms with Gasteiger partial charge < -0.3 is 4.74 Å². The van der Waals surface area contributed by atoms with Crippen LogP contribution in [0.15, 0.2) is 24.3 Å². The smallest absolute Gasteiger partial charge is 0.119 e. The molecule has 1 aromatic rings. The molecule has 0 aliphatic heterocycles. The van der Waals surface area contributed by atoms with E-state index < -0.39 is 0 Å². The molecule has 0 unspecified atom stereocenters. The van der Waals surface area contributed by atoms with Gasteiger partial charge >= 0.3 is 0 Å². The topological polar surface area (TPSA) is 33.0 Å². The minimum Gasteiger partial charge on any atom is -0.494 e. The highest BCUT2D eigenvalue weighted by molar-refractivity contribution is 5.37. The summed E-state index contributed by atoms with van der Waals surface area (Å²) in [4.78, 5) is 0. The lowest BCUT2D eigenvalue weighted by atomic mass is 9.67. The molecule has 1 fully saturated rings. The van der Waals surface area contributed by atoms with Crippen LogP contribution in [0, 0.1) is 17.2 Å². The van der Waals surface area contributed by atoms with E-state index in [9.17, 15) is 5.26 Å². The van der Waals surface area contributed by atoms with Crippen LogP contribution >= 0.6 is 0 Å². The van der Waals surface area contributed by atoms with Crippen LogP contribution < -0.4 is 4.74 Å². The zero-order valence-corrected chi connectivity index (χ0v) is 14.8.